The quantitative estimate of drug-likeness (QED) is 0.278. The predicted molar refractivity (Wildman–Crippen MR) is 119 cm³/mol. The molecule has 1 saturated heterocycles. The molecule has 1 heterocycles. The molecule has 6 heteroatoms. The van der Waals surface area contributed by atoms with Gasteiger partial charge in [-0.1, -0.05) is 41.9 Å². The zero-order valence-corrected chi connectivity index (χ0v) is 19.9. The summed E-state index contributed by atoms with van der Waals surface area (Å²) >= 11 is 0. The van der Waals surface area contributed by atoms with E-state index in [0.29, 0.717) is 19.6 Å². The van der Waals surface area contributed by atoms with Gasteiger partial charge in [-0.05, 0) is 52.9 Å². The summed E-state index contributed by atoms with van der Waals surface area (Å²) in [7, 11) is 3.86. The normalized spacial score (nSPS) is 20.4. The molecule has 0 bridgehead atoms. The molecule has 0 unspecified atom stereocenters. The van der Waals surface area contributed by atoms with E-state index in [4.69, 9.17) is 9.47 Å². The molecule has 2 atom stereocenters. The average Bonchev–Trinajstić information content (AvgIpc) is 2.97. The first kappa shape index (κ1) is 25.1. The summed E-state index contributed by atoms with van der Waals surface area (Å²) in [5, 5.41) is 0. The van der Waals surface area contributed by atoms with Crippen molar-refractivity contribution >= 4 is 27.5 Å². The van der Waals surface area contributed by atoms with Crippen LogP contribution in [0.3, 0.4) is 0 Å². The molecule has 0 radical (unpaired) electrons. The molecular weight excluding hydrogens is 378 g/mol. The molecular formula is C21H41NO3S2. The van der Waals surface area contributed by atoms with Crippen molar-refractivity contribution in [2.45, 2.75) is 98.0 Å². The van der Waals surface area contributed by atoms with Crippen molar-refractivity contribution in [2.24, 2.45) is 5.92 Å². The van der Waals surface area contributed by atoms with Gasteiger partial charge in [0.05, 0.1) is 31.0 Å². The minimum absolute atomic E-state index is 0.139. The van der Waals surface area contributed by atoms with E-state index in [-0.39, 0.29) is 30.3 Å². The van der Waals surface area contributed by atoms with E-state index in [1.165, 1.54) is 18.6 Å². The topological polar surface area (TPSA) is 38.8 Å². The van der Waals surface area contributed by atoms with Crippen LogP contribution < -0.4 is 0 Å². The number of hydrogen-bond donors (Lipinski definition) is 0. The van der Waals surface area contributed by atoms with Crippen LogP contribution in [0.15, 0.2) is 0 Å². The van der Waals surface area contributed by atoms with E-state index in [1.54, 1.807) is 0 Å². The van der Waals surface area contributed by atoms with Gasteiger partial charge in [-0.3, -0.25) is 4.79 Å². The molecule has 160 valence electrons. The minimum atomic E-state index is 0.139. The summed E-state index contributed by atoms with van der Waals surface area (Å²) in [6.45, 7) is 14.1. The maximum absolute atomic E-state index is 12.7. The lowest BCUT2D eigenvalue weighted by molar-refractivity contribution is -0.134. The maximum atomic E-state index is 12.7. The summed E-state index contributed by atoms with van der Waals surface area (Å²) in [4.78, 5) is 14.8. The third kappa shape index (κ3) is 11.6. The van der Waals surface area contributed by atoms with E-state index in [9.17, 15) is 4.79 Å². The van der Waals surface area contributed by atoms with Crippen molar-refractivity contribution in [3.05, 3.63) is 0 Å². The standard InChI is InChI=1S/C21H41NO3S2/c1-16(2)9-7-11-26-27-12-8-10-21(23)22-14-20(25-18(5)6)13-19(22)15-24-17(3)4/h16-20H,7-15H2,1-6H3/t19-,20+/m0/s1. The molecule has 1 rings (SSSR count). The molecule has 1 aliphatic heterocycles. The number of carbonyl (C=O) groups is 1. The van der Waals surface area contributed by atoms with Crippen LogP contribution in [-0.4, -0.2) is 59.8 Å². The van der Waals surface area contributed by atoms with Gasteiger partial charge in [0, 0.05) is 24.5 Å². The molecule has 4 nitrogen and oxygen atoms in total. The lowest BCUT2D eigenvalue weighted by atomic mass is 10.1. The van der Waals surface area contributed by atoms with Crippen LogP contribution in [0, 0.1) is 5.92 Å². The molecule has 1 aliphatic rings. The fourth-order valence-electron chi connectivity index (χ4n) is 3.22. The van der Waals surface area contributed by atoms with Crippen LogP contribution >= 0.6 is 21.6 Å². The van der Waals surface area contributed by atoms with Gasteiger partial charge in [-0.2, -0.15) is 0 Å². The summed E-state index contributed by atoms with van der Waals surface area (Å²) in [6.07, 6.45) is 5.59. The van der Waals surface area contributed by atoms with Crippen molar-refractivity contribution < 1.29 is 14.3 Å². The van der Waals surface area contributed by atoms with Crippen LogP contribution in [0.2, 0.25) is 0 Å². The van der Waals surface area contributed by atoms with Crippen LogP contribution in [0.4, 0.5) is 0 Å². The lowest BCUT2D eigenvalue weighted by Crippen LogP contribution is -2.39. The molecule has 0 aromatic heterocycles. The SMILES string of the molecule is CC(C)CCCSSCCCC(=O)N1C[C@H](OC(C)C)C[C@H]1COC(C)C. The largest absolute Gasteiger partial charge is 0.377 e. The van der Waals surface area contributed by atoms with Crippen LogP contribution in [0.25, 0.3) is 0 Å². The van der Waals surface area contributed by atoms with Gasteiger partial charge in [-0.25, -0.2) is 0 Å². The predicted octanol–water partition coefficient (Wildman–Crippen LogP) is 5.40. The first-order chi connectivity index (χ1) is 12.8. The second kappa shape index (κ2) is 14.1. The Kier molecular flexibility index (Phi) is 13.2. The highest BCUT2D eigenvalue weighted by Gasteiger charge is 2.36. The zero-order chi connectivity index (χ0) is 20.2. The Labute approximate surface area is 175 Å². The first-order valence-corrected chi connectivity index (χ1v) is 13.1. The monoisotopic (exact) mass is 419 g/mol. The van der Waals surface area contributed by atoms with Crippen molar-refractivity contribution in [1.82, 2.24) is 4.90 Å². The van der Waals surface area contributed by atoms with Gasteiger partial charge in [0.25, 0.3) is 0 Å². The molecule has 27 heavy (non-hydrogen) atoms. The minimum Gasteiger partial charge on any atom is -0.377 e. The number of amides is 1. The Morgan fingerprint density at radius 2 is 1.70 bits per heavy atom. The Balaban J connectivity index is 2.29. The highest BCUT2D eigenvalue weighted by Crippen LogP contribution is 2.26. The number of nitrogens with zero attached hydrogens (tertiary/aromatic N) is 1. The zero-order valence-electron chi connectivity index (χ0n) is 18.2. The molecule has 1 amide bonds. The van der Waals surface area contributed by atoms with Gasteiger partial charge in [-0.15, -0.1) is 0 Å². The van der Waals surface area contributed by atoms with Gasteiger partial charge in [0.15, 0.2) is 0 Å². The molecule has 1 fully saturated rings. The molecule has 0 spiro atoms. The fourth-order valence-corrected chi connectivity index (χ4v) is 5.42. The van der Waals surface area contributed by atoms with E-state index in [2.05, 4.69) is 27.7 Å². The van der Waals surface area contributed by atoms with Crippen molar-refractivity contribution in [1.29, 1.82) is 0 Å². The highest BCUT2D eigenvalue weighted by molar-refractivity contribution is 8.76. The van der Waals surface area contributed by atoms with Crippen LogP contribution in [-0.2, 0) is 14.3 Å². The number of carbonyl (C=O) groups excluding carboxylic acids is 1. The lowest BCUT2D eigenvalue weighted by Gasteiger charge is -2.25. The second-order valence-electron chi connectivity index (χ2n) is 8.41. The van der Waals surface area contributed by atoms with Gasteiger partial charge in [0.2, 0.25) is 5.91 Å². The third-order valence-corrected chi connectivity index (χ3v) is 7.07. The average molecular weight is 420 g/mol. The molecule has 0 aromatic carbocycles. The Bertz CT molecular complexity index is 405. The van der Waals surface area contributed by atoms with E-state index in [0.717, 1.165) is 24.5 Å². The Hall–Kier alpha value is 0.0900. The van der Waals surface area contributed by atoms with Crippen molar-refractivity contribution in [2.75, 3.05) is 24.7 Å². The molecule has 0 aliphatic carbocycles. The number of hydrogen-bond acceptors (Lipinski definition) is 5. The van der Waals surface area contributed by atoms with E-state index >= 15 is 0 Å². The number of likely N-dealkylation sites (tertiary alicyclic amines) is 1. The van der Waals surface area contributed by atoms with Gasteiger partial charge >= 0.3 is 0 Å². The van der Waals surface area contributed by atoms with Gasteiger partial charge < -0.3 is 14.4 Å². The summed E-state index contributed by atoms with van der Waals surface area (Å²) in [5.74, 6) is 3.31. The van der Waals surface area contributed by atoms with Crippen molar-refractivity contribution in [3.8, 4) is 0 Å². The number of ether oxygens (including phenoxy) is 2. The molecule has 0 saturated carbocycles. The summed E-state index contributed by atoms with van der Waals surface area (Å²) < 4.78 is 11.8. The molecule has 0 N–H and O–H groups in total. The van der Waals surface area contributed by atoms with Gasteiger partial charge in [0.1, 0.15) is 0 Å². The van der Waals surface area contributed by atoms with Crippen LogP contribution in [0.5, 0.6) is 0 Å². The maximum Gasteiger partial charge on any atom is 0.223 e. The van der Waals surface area contributed by atoms with Crippen LogP contribution in [0.1, 0.15) is 73.6 Å². The first-order valence-electron chi connectivity index (χ1n) is 10.6. The smallest absolute Gasteiger partial charge is 0.223 e. The fraction of sp³-hybridized carbons (Fsp3) is 0.952. The second-order valence-corrected chi connectivity index (χ2v) is 11.1. The molecule has 0 aromatic rings. The van der Waals surface area contributed by atoms with E-state index < -0.39 is 0 Å². The van der Waals surface area contributed by atoms with Crippen molar-refractivity contribution in [3.63, 3.8) is 0 Å². The third-order valence-electron chi connectivity index (χ3n) is 4.49. The highest BCUT2D eigenvalue weighted by atomic mass is 33.1. The van der Waals surface area contributed by atoms with E-state index in [1.807, 2.05) is 40.3 Å². The Morgan fingerprint density at radius 1 is 1.04 bits per heavy atom. The Morgan fingerprint density at radius 3 is 2.30 bits per heavy atom. The summed E-state index contributed by atoms with van der Waals surface area (Å²) in [5.41, 5.74) is 0. The summed E-state index contributed by atoms with van der Waals surface area (Å²) in [6, 6.07) is 0.154. The number of rotatable bonds is 14.